The summed E-state index contributed by atoms with van der Waals surface area (Å²) in [6.45, 7) is 4.86. The minimum absolute atomic E-state index is 0.179. The van der Waals surface area contributed by atoms with E-state index in [1.54, 1.807) is 25.4 Å². The van der Waals surface area contributed by atoms with Gasteiger partial charge in [-0.3, -0.25) is 9.59 Å². The van der Waals surface area contributed by atoms with Crippen molar-refractivity contribution in [2.45, 2.75) is 25.8 Å². The van der Waals surface area contributed by atoms with Crippen LogP contribution < -0.4 is 16.2 Å². The average molecular weight is 468 g/mol. The molecule has 7 nitrogen and oxygen atoms in total. The molecule has 2 N–H and O–H groups in total. The van der Waals surface area contributed by atoms with E-state index in [-0.39, 0.29) is 17.4 Å². The number of carbonyl (C=O) groups excluding carboxylic acids is 1. The minimum Gasteiger partial charge on any atom is -0.309 e. The summed E-state index contributed by atoms with van der Waals surface area (Å²) in [6, 6.07) is 24.3. The van der Waals surface area contributed by atoms with Gasteiger partial charge in [0.15, 0.2) is 0 Å². The summed E-state index contributed by atoms with van der Waals surface area (Å²) in [5, 5.41) is 10.6. The average Bonchev–Trinajstić information content (AvgIpc) is 2.87. The van der Waals surface area contributed by atoms with Crippen LogP contribution in [-0.2, 0) is 11.8 Å². The van der Waals surface area contributed by atoms with Crippen molar-refractivity contribution in [3.05, 3.63) is 112 Å². The van der Waals surface area contributed by atoms with Gasteiger partial charge in [-0.15, -0.1) is 0 Å². The van der Waals surface area contributed by atoms with Gasteiger partial charge in [-0.1, -0.05) is 67.1 Å². The maximum Gasteiger partial charge on any atom is 0.266 e. The van der Waals surface area contributed by atoms with Crippen molar-refractivity contribution in [1.82, 2.24) is 20.1 Å². The molecule has 0 fully saturated rings. The lowest BCUT2D eigenvalue weighted by Gasteiger charge is -2.21. The highest BCUT2D eigenvalue weighted by Crippen LogP contribution is 2.21. The topological polar surface area (TPSA) is 88.9 Å². The summed E-state index contributed by atoms with van der Waals surface area (Å²) < 4.78 is 1.28. The van der Waals surface area contributed by atoms with Crippen molar-refractivity contribution in [2.24, 2.45) is 7.05 Å². The maximum atomic E-state index is 13.3. The molecular formula is C28H29N5O2. The van der Waals surface area contributed by atoms with Crippen LogP contribution in [0.15, 0.2) is 89.9 Å². The molecule has 35 heavy (non-hydrogen) atoms. The van der Waals surface area contributed by atoms with Crippen molar-refractivity contribution in [3.63, 3.8) is 0 Å². The molecule has 0 saturated carbocycles. The number of anilines is 1. The molecule has 0 aliphatic carbocycles. The number of hydrogen-bond donors (Lipinski definition) is 2. The van der Waals surface area contributed by atoms with E-state index < -0.39 is 6.04 Å². The second kappa shape index (κ2) is 10.9. The SMILES string of the molecule is Cc1ccc(C(C)CN[C@H](C(=O)Nc2ccc(-c3ccc(=O)n(C)n3)cn2)c2ccccc2)cc1. The largest absolute Gasteiger partial charge is 0.309 e. The van der Waals surface area contributed by atoms with Crippen LogP contribution in [0.25, 0.3) is 11.3 Å². The summed E-state index contributed by atoms with van der Waals surface area (Å²) in [5.41, 5.74) is 4.53. The Balaban J connectivity index is 1.47. The van der Waals surface area contributed by atoms with Gasteiger partial charge >= 0.3 is 0 Å². The van der Waals surface area contributed by atoms with E-state index in [0.29, 0.717) is 18.1 Å². The molecule has 178 valence electrons. The number of rotatable bonds is 8. The fourth-order valence-electron chi connectivity index (χ4n) is 3.79. The Morgan fingerprint density at radius 2 is 1.69 bits per heavy atom. The molecule has 2 aromatic heterocycles. The standard InChI is InChI=1S/C28H29N5O2/c1-19-9-11-21(12-10-19)20(2)17-30-27(22-7-5-4-6-8-22)28(35)31-25-15-13-23(18-29-25)24-14-16-26(34)33(3)32-24/h4-16,18,20,27,30H,17H2,1-3H3,(H,29,31,35)/t20?,27-/m0/s1. The number of nitrogens with zero attached hydrogens (tertiary/aromatic N) is 3. The van der Waals surface area contributed by atoms with Crippen LogP contribution >= 0.6 is 0 Å². The van der Waals surface area contributed by atoms with Gasteiger partial charge in [0.05, 0.1) is 5.69 Å². The molecule has 4 aromatic rings. The predicted octanol–water partition coefficient (Wildman–Crippen LogP) is 4.22. The molecule has 4 rings (SSSR count). The van der Waals surface area contributed by atoms with E-state index in [9.17, 15) is 9.59 Å². The van der Waals surface area contributed by atoms with Crippen LogP contribution in [0.5, 0.6) is 0 Å². The molecule has 2 heterocycles. The first kappa shape index (κ1) is 24.0. The van der Waals surface area contributed by atoms with E-state index >= 15 is 0 Å². The fourth-order valence-corrected chi connectivity index (χ4v) is 3.79. The highest BCUT2D eigenvalue weighted by molar-refractivity contribution is 5.94. The molecule has 0 bridgehead atoms. The maximum absolute atomic E-state index is 13.3. The van der Waals surface area contributed by atoms with Crippen LogP contribution in [0.3, 0.4) is 0 Å². The van der Waals surface area contributed by atoms with Gasteiger partial charge in [0, 0.05) is 31.4 Å². The number of carbonyl (C=O) groups is 1. The van der Waals surface area contributed by atoms with Crippen molar-refractivity contribution < 1.29 is 4.79 Å². The Bertz CT molecular complexity index is 1330. The van der Waals surface area contributed by atoms with E-state index in [2.05, 4.69) is 58.8 Å². The Kier molecular flexibility index (Phi) is 7.48. The molecule has 2 atom stereocenters. The van der Waals surface area contributed by atoms with Gasteiger partial charge in [-0.2, -0.15) is 5.10 Å². The molecule has 0 aliphatic rings. The molecule has 0 aliphatic heterocycles. The molecule has 0 spiro atoms. The fraction of sp³-hybridized carbons (Fsp3) is 0.214. The highest BCUT2D eigenvalue weighted by Gasteiger charge is 2.21. The normalized spacial score (nSPS) is 12.7. The van der Waals surface area contributed by atoms with Crippen LogP contribution in [0.1, 0.15) is 35.6 Å². The van der Waals surface area contributed by atoms with E-state index in [4.69, 9.17) is 0 Å². The minimum atomic E-state index is -0.532. The lowest BCUT2D eigenvalue weighted by Crippen LogP contribution is -2.35. The first-order valence-electron chi connectivity index (χ1n) is 11.6. The predicted molar refractivity (Wildman–Crippen MR) is 138 cm³/mol. The monoisotopic (exact) mass is 467 g/mol. The third kappa shape index (κ3) is 6.07. The van der Waals surface area contributed by atoms with E-state index in [1.165, 1.54) is 21.9 Å². The van der Waals surface area contributed by atoms with Crippen molar-refractivity contribution in [2.75, 3.05) is 11.9 Å². The van der Waals surface area contributed by atoms with Crippen LogP contribution in [-0.4, -0.2) is 27.2 Å². The zero-order valence-electron chi connectivity index (χ0n) is 20.1. The summed E-state index contributed by atoms with van der Waals surface area (Å²) in [6.07, 6.45) is 1.63. The summed E-state index contributed by atoms with van der Waals surface area (Å²) in [7, 11) is 1.60. The Labute approximate surface area is 204 Å². The van der Waals surface area contributed by atoms with E-state index in [0.717, 1.165) is 11.1 Å². The Morgan fingerprint density at radius 3 is 2.34 bits per heavy atom. The first-order valence-corrected chi connectivity index (χ1v) is 11.6. The van der Waals surface area contributed by atoms with Crippen molar-refractivity contribution >= 4 is 11.7 Å². The number of benzene rings is 2. The number of aromatic nitrogens is 3. The molecule has 1 amide bonds. The molecule has 7 heteroatoms. The number of hydrogen-bond acceptors (Lipinski definition) is 5. The molecule has 1 unspecified atom stereocenters. The third-order valence-corrected chi connectivity index (χ3v) is 5.94. The first-order chi connectivity index (χ1) is 16.9. The van der Waals surface area contributed by atoms with Gasteiger partial charge in [0.1, 0.15) is 11.9 Å². The third-order valence-electron chi connectivity index (χ3n) is 5.94. The second-order valence-electron chi connectivity index (χ2n) is 8.67. The highest BCUT2D eigenvalue weighted by atomic mass is 16.2. The summed E-state index contributed by atoms with van der Waals surface area (Å²) in [4.78, 5) is 29.2. The van der Waals surface area contributed by atoms with Crippen molar-refractivity contribution in [3.8, 4) is 11.3 Å². The molecular weight excluding hydrogens is 438 g/mol. The lowest BCUT2D eigenvalue weighted by molar-refractivity contribution is -0.118. The molecule has 0 saturated heterocycles. The summed E-state index contributed by atoms with van der Waals surface area (Å²) in [5.74, 6) is 0.493. The van der Waals surface area contributed by atoms with Gasteiger partial charge in [0.25, 0.3) is 5.56 Å². The number of aryl methyl sites for hydroxylation is 2. The van der Waals surface area contributed by atoms with Gasteiger partial charge < -0.3 is 10.6 Å². The lowest BCUT2D eigenvalue weighted by atomic mass is 9.98. The van der Waals surface area contributed by atoms with Crippen LogP contribution in [0, 0.1) is 6.92 Å². The Morgan fingerprint density at radius 1 is 0.943 bits per heavy atom. The Hall–Kier alpha value is -4.10. The van der Waals surface area contributed by atoms with E-state index in [1.807, 2.05) is 36.4 Å². The van der Waals surface area contributed by atoms with Gasteiger partial charge in [0.2, 0.25) is 5.91 Å². The summed E-state index contributed by atoms with van der Waals surface area (Å²) >= 11 is 0. The molecule has 0 radical (unpaired) electrons. The quantitative estimate of drug-likeness (QED) is 0.405. The number of amides is 1. The second-order valence-corrected chi connectivity index (χ2v) is 8.67. The van der Waals surface area contributed by atoms with Crippen LogP contribution in [0.4, 0.5) is 5.82 Å². The van der Waals surface area contributed by atoms with Gasteiger partial charge in [-0.05, 0) is 42.2 Å². The zero-order valence-corrected chi connectivity index (χ0v) is 20.1. The number of pyridine rings is 1. The van der Waals surface area contributed by atoms with Crippen LogP contribution in [0.2, 0.25) is 0 Å². The molecule has 2 aromatic carbocycles. The van der Waals surface area contributed by atoms with Gasteiger partial charge in [-0.25, -0.2) is 9.67 Å². The smallest absolute Gasteiger partial charge is 0.266 e. The van der Waals surface area contributed by atoms with Crippen molar-refractivity contribution in [1.29, 1.82) is 0 Å². The zero-order chi connectivity index (χ0) is 24.8. The number of nitrogens with one attached hydrogen (secondary N) is 2.